The van der Waals surface area contributed by atoms with E-state index in [0.29, 0.717) is 11.6 Å². The summed E-state index contributed by atoms with van der Waals surface area (Å²) in [7, 11) is 0. The van der Waals surface area contributed by atoms with Crippen LogP contribution in [0.4, 0.5) is 13.2 Å². The van der Waals surface area contributed by atoms with Crippen LogP contribution in [0.3, 0.4) is 0 Å². The van der Waals surface area contributed by atoms with Crippen molar-refractivity contribution in [3.8, 4) is 0 Å². The summed E-state index contributed by atoms with van der Waals surface area (Å²) in [4.78, 5) is 3.75. The van der Waals surface area contributed by atoms with Gasteiger partial charge >= 0.3 is 6.18 Å². The average Bonchev–Trinajstić information content (AvgIpc) is 2.83. The zero-order chi connectivity index (χ0) is 10.3. The first-order valence-corrected chi connectivity index (χ1v) is 4.60. The first-order valence-electron chi connectivity index (χ1n) is 4.22. The first kappa shape index (κ1) is 9.77. The number of pyridine rings is 1. The Kier molecular flexibility index (Phi) is 2.18. The number of halogens is 4. The molecular weight excluding hydrogens is 215 g/mol. The van der Waals surface area contributed by atoms with Gasteiger partial charge in [-0.1, -0.05) is 11.6 Å². The molecule has 0 spiro atoms. The smallest absolute Gasteiger partial charge is 0.240 e. The fourth-order valence-corrected chi connectivity index (χ4v) is 1.53. The summed E-state index contributed by atoms with van der Waals surface area (Å²) in [5.74, 6) is 0.315. The highest BCUT2D eigenvalue weighted by Crippen LogP contribution is 2.41. The van der Waals surface area contributed by atoms with Crippen LogP contribution < -0.4 is 0 Å². The van der Waals surface area contributed by atoms with Crippen LogP contribution in [0.1, 0.15) is 30.0 Å². The lowest BCUT2D eigenvalue weighted by Gasteiger charge is -2.08. The molecule has 0 amide bonds. The molecule has 0 bridgehead atoms. The second-order valence-electron chi connectivity index (χ2n) is 3.35. The van der Waals surface area contributed by atoms with Crippen molar-refractivity contribution in [1.82, 2.24) is 4.98 Å². The van der Waals surface area contributed by atoms with E-state index in [1.165, 1.54) is 6.07 Å². The van der Waals surface area contributed by atoms with Crippen molar-refractivity contribution in [3.63, 3.8) is 0 Å². The highest BCUT2D eigenvalue weighted by Gasteiger charge is 2.35. The van der Waals surface area contributed by atoms with Gasteiger partial charge in [0.05, 0.1) is 5.56 Å². The van der Waals surface area contributed by atoms with Crippen LogP contribution in [-0.2, 0) is 6.18 Å². The zero-order valence-corrected chi connectivity index (χ0v) is 7.86. The van der Waals surface area contributed by atoms with Gasteiger partial charge in [0.25, 0.3) is 0 Å². The van der Waals surface area contributed by atoms with Gasteiger partial charge in [-0.2, -0.15) is 13.2 Å². The Morgan fingerprint density at radius 1 is 1.29 bits per heavy atom. The quantitative estimate of drug-likeness (QED) is 0.660. The van der Waals surface area contributed by atoms with Crippen LogP contribution >= 0.6 is 11.6 Å². The lowest BCUT2D eigenvalue weighted by atomic mass is 10.2. The molecule has 2 rings (SSSR count). The van der Waals surface area contributed by atoms with Crippen molar-refractivity contribution in [2.45, 2.75) is 24.9 Å². The Hall–Kier alpha value is -0.770. The van der Waals surface area contributed by atoms with E-state index in [4.69, 9.17) is 11.6 Å². The summed E-state index contributed by atoms with van der Waals surface area (Å²) in [6.45, 7) is 0. The van der Waals surface area contributed by atoms with E-state index in [1.54, 1.807) is 0 Å². The Morgan fingerprint density at radius 3 is 2.36 bits per heavy atom. The molecule has 0 aliphatic heterocycles. The van der Waals surface area contributed by atoms with E-state index in [0.717, 1.165) is 18.9 Å². The molecule has 0 radical (unpaired) electrons. The zero-order valence-electron chi connectivity index (χ0n) is 7.11. The minimum atomic E-state index is -4.41. The third-order valence-corrected chi connectivity index (χ3v) is 2.46. The molecule has 1 aromatic heterocycles. The number of rotatable bonds is 1. The van der Waals surface area contributed by atoms with Crippen molar-refractivity contribution < 1.29 is 13.2 Å². The molecule has 0 aromatic carbocycles. The number of hydrogen-bond acceptors (Lipinski definition) is 1. The molecule has 76 valence electrons. The third-order valence-electron chi connectivity index (χ3n) is 2.17. The molecule has 14 heavy (non-hydrogen) atoms. The van der Waals surface area contributed by atoms with Crippen LogP contribution in [0.25, 0.3) is 0 Å². The Morgan fingerprint density at radius 2 is 1.93 bits per heavy atom. The van der Waals surface area contributed by atoms with Gasteiger partial charge in [-0.05, 0) is 25.0 Å². The van der Waals surface area contributed by atoms with Gasteiger partial charge in [-0.15, -0.1) is 0 Å². The lowest BCUT2D eigenvalue weighted by Crippen LogP contribution is -2.07. The normalized spacial score (nSPS) is 17.1. The van der Waals surface area contributed by atoms with Crippen LogP contribution in [0, 0.1) is 0 Å². The maximum atomic E-state index is 12.3. The predicted molar refractivity (Wildman–Crippen MR) is 46.2 cm³/mol. The second-order valence-corrected chi connectivity index (χ2v) is 3.70. The van der Waals surface area contributed by atoms with E-state index < -0.39 is 16.9 Å². The van der Waals surface area contributed by atoms with E-state index in [-0.39, 0.29) is 0 Å². The molecule has 1 fully saturated rings. The van der Waals surface area contributed by atoms with Gasteiger partial charge in [0.2, 0.25) is 0 Å². The summed E-state index contributed by atoms with van der Waals surface area (Å²) >= 11 is 5.45. The molecule has 1 aromatic rings. The molecule has 5 heteroatoms. The lowest BCUT2D eigenvalue weighted by molar-refractivity contribution is -0.137. The second kappa shape index (κ2) is 3.12. The SMILES string of the molecule is FC(F)(F)c1ccc(C2CC2)nc1Cl. The predicted octanol–water partition coefficient (Wildman–Crippen LogP) is 3.63. The molecular formula is C9H7ClF3N. The van der Waals surface area contributed by atoms with E-state index in [2.05, 4.69) is 4.98 Å². The molecule has 1 aliphatic rings. The van der Waals surface area contributed by atoms with Crippen molar-refractivity contribution in [1.29, 1.82) is 0 Å². The van der Waals surface area contributed by atoms with Crippen LogP contribution in [0.5, 0.6) is 0 Å². The van der Waals surface area contributed by atoms with Gasteiger partial charge in [-0.3, -0.25) is 0 Å². The van der Waals surface area contributed by atoms with Crippen molar-refractivity contribution in [3.05, 3.63) is 28.5 Å². The fraction of sp³-hybridized carbons (Fsp3) is 0.444. The molecule has 1 saturated carbocycles. The largest absolute Gasteiger partial charge is 0.419 e. The van der Waals surface area contributed by atoms with Crippen LogP contribution in [-0.4, -0.2) is 4.98 Å². The van der Waals surface area contributed by atoms with Gasteiger partial charge in [-0.25, -0.2) is 4.98 Å². The topological polar surface area (TPSA) is 12.9 Å². The van der Waals surface area contributed by atoms with Gasteiger partial charge in [0.1, 0.15) is 5.15 Å². The standard InChI is InChI=1S/C9H7ClF3N/c10-8-6(9(11,12)13)3-4-7(14-8)5-1-2-5/h3-5H,1-2H2. The summed E-state index contributed by atoms with van der Waals surface area (Å²) < 4.78 is 36.8. The summed E-state index contributed by atoms with van der Waals surface area (Å²) in [5.41, 5.74) is -0.188. The Balaban J connectivity index is 2.35. The van der Waals surface area contributed by atoms with E-state index >= 15 is 0 Å². The van der Waals surface area contributed by atoms with Crippen molar-refractivity contribution in [2.24, 2.45) is 0 Å². The summed E-state index contributed by atoms with van der Waals surface area (Å²) in [5, 5.41) is -0.443. The van der Waals surface area contributed by atoms with Crippen molar-refractivity contribution >= 4 is 11.6 Å². The minimum absolute atomic E-state index is 0.315. The average molecular weight is 222 g/mol. The summed E-state index contributed by atoms with van der Waals surface area (Å²) in [6.07, 6.45) is -2.42. The molecule has 0 N–H and O–H groups in total. The maximum absolute atomic E-state index is 12.3. The number of aromatic nitrogens is 1. The van der Waals surface area contributed by atoms with E-state index in [1.807, 2.05) is 0 Å². The highest BCUT2D eigenvalue weighted by atomic mass is 35.5. The van der Waals surface area contributed by atoms with Gasteiger partial charge in [0.15, 0.2) is 0 Å². The molecule has 1 nitrogen and oxygen atoms in total. The maximum Gasteiger partial charge on any atom is 0.419 e. The van der Waals surface area contributed by atoms with Crippen LogP contribution in [0.2, 0.25) is 5.15 Å². The number of alkyl halides is 3. The Labute approximate surface area is 83.9 Å². The third kappa shape index (κ3) is 1.85. The first-order chi connectivity index (χ1) is 6.48. The molecule has 0 saturated heterocycles. The fourth-order valence-electron chi connectivity index (χ4n) is 1.27. The van der Waals surface area contributed by atoms with Crippen molar-refractivity contribution in [2.75, 3.05) is 0 Å². The van der Waals surface area contributed by atoms with Gasteiger partial charge in [0, 0.05) is 11.6 Å². The van der Waals surface area contributed by atoms with E-state index in [9.17, 15) is 13.2 Å². The summed E-state index contributed by atoms with van der Waals surface area (Å²) in [6, 6.07) is 2.41. The number of hydrogen-bond donors (Lipinski definition) is 0. The molecule has 0 atom stereocenters. The van der Waals surface area contributed by atoms with Crippen LogP contribution in [0.15, 0.2) is 12.1 Å². The minimum Gasteiger partial charge on any atom is -0.240 e. The molecule has 1 heterocycles. The number of nitrogens with zero attached hydrogens (tertiary/aromatic N) is 1. The molecule has 1 aliphatic carbocycles. The highest BCUT2D eigenvalue weighted by molar-refractivity contribution is 6.30. The monoisotopic (exact) mass is 221 g/mol. The van der Waals surface area contributed by atoms with Gasteiger partial charge < -0.3 is 0 Å². The molecule has 0 unspecified atom stereocenters. The Bertz CT molecular complexity index is 358.